The number of alkyl halides is 1. The normalized spacial score (nSPS) is 19.5. The third kappa shape index (κ3) is 5.15. The molecule has 0 aromatic carbocycles. The Morgan fingerprint density at radius 3 is 2.75 bits per heavy atom. The first kappa shape index (κ1) is 10.5. The first-order valence-corrected chi connectivity index (χ1v) is 6.08. The Kier molecular flexibility index (Phi) is 5.24. The van der Waals surface area contributed by atoms with Gasteiger partial charge in [0.1, 0.15) is 0 Å². The molecule has 1 atom stereocenters. The summed E-state index contributed by atoms with van der Waals surface area (Å²) in [6.45, 7) is 4.27. The molecule has 0 radical (unpaired) electrons. The van der Waals surface area contributed by atoms with Gasteiger partial charge in [-0.3, -0.25) is 0 Å². The first-order chi connectivity index (χ1) is 5.83. The van der Waals surface area contributed by atoms with Gasteiger partial charge in [0.25, 0.3) is 0 Å². The maximum absolute atomic E-state index is 5.56. The minimum absolute atomic E-state index is 0.809. The quantitative estimate of drug-likeness (QED) is 0.486. The molecule has 0 aromatic rings. The highest BCUT2D eigenvalue weighted by Gasteiger charge is 2.20. The molecule has 1 unspecified atom stereocenters. The van der Waals surface area contributed by atoms with Crippen LogP contribution >= 0.6 is 15.9 Å². The monoisotopic (exact) mass is 234 g/mol. The van der Waals surface area contributed by atoms with Crippen molar-refractivity contribution in [2.24, 2.45) is 11.8 Å². The molecule has 0 saturated heterocycles. The zero-order chi connectivity index (χ0) is 8.81. The van der Waals surface area contributed by atoms with Crippen LogP contribution in [0.15, 0.2) is 0 Å². The highest BCUT2D eigenvalue weighted by Crippen LogP contribution is 2.28. The molecule has 72 valence electrons. The Hall–Kier alpha value is 0.440. The van der Waals surface area contributed by atoms with Crippen LogP contribution in [0.4, 0.5) is 0 Å². The second-order valence-corrected chi connectivity index (χ2v) is 4.68. The van der Waals surface area contributed by atoms with Gasteiger partial charge in [-0.2, -0.15) is 0 Å². The molecule has 2 heteroatoms. The second-order valence-electron chi connectivity index (χ2n) is 3.89. The van der Waals surface area contributed by atoms with Crippen LogP contribution < -0.4 is 0 Å². The van der Waals surface area contributed by atoms with Gasteiger partial charge in [-0.1, -0.05) is 22.9 Å². The van der Waals surface area contributed by atoms with E-state index >= 15 is 0 Å². The van der Waals surface area contributed by atoms with E-state index in [0.717, 1.165) is 30.4 Å². The van der Waals surface area contributed by atoms with Gasteiger partial charge in [-0.15, -0.1) is 0 Å². The topological polar surface area (TPSA) is 9.23 Å². The van der Waals surface area contributed by atoms with E-state index in [1.54, 1.807) is 0 Å². The van der Waals surface area contributed by atoms with Crippen LogP contribution in [0.5, 0.6) is 0 Å². The molecule has 1 rings (SSSR count). The van der Waals surface area contributed by atoms with Crippen LogP contribution in [0.3, 0.4) is 0 Å². The fourth-order valence-electron chi connectivity index (χ4n) is 1.15. The minimum Gasteiger partial charge on any atom is -0.381 e. The summed E-state index contributed by atoms with van der Waals surface area (Å²) in [5.41, 5.74) is 0. The standard InChI is InChI=1S/C10H19BrO/c1-9(4-6-11)5-7-12-8-10-2-3-10/h9-10H,2-8H2,1H3. The lowest BCUT2D eigenvalue weighted by atomic mass is 10.1. The van der Waals surface area contributed by atoms with Crippen molar-refractivity contribution < 1.29 is 4.74 Å². The lowest BCUT2D eigenvalue weighted by Gasteiger charge is -2.09. The molecule has 0 bridgehead atoms. The number of halogens is 1. The van der Waals surface area contributed by atoms with Gasteiger partial charge in [0, 0.05) is 18.5 Å². The number of rotatable bonds is 7. The van der Waals surface area contributed by atoms with Gasteiger partial charge in [0.15, 0.2) is 0 Å². The summed E-state index contributed by atoms with van der Waals surface area (Å²) >= 11 is 3.45. The highest BCUT2D eigenvalue weighted by molar-refractivity contribution is 9.09. The lowest BCUT2D eigenvalue weighted by molar-refractivity contribution is 0.112. The smallest absolute Gasteiger partial charge is 0.0494 e. The predicted octanol–water partition coefficient (Wildman–Crippen LogP) is 3.22. The summed E-state index contributed by atoms with van der Waals surface area (Å²) in [6, 6.07) is 0. The molecule has 0 spiro atoms. The maximum atomic E-state index is 5.56. The molecular formula is C10H19BrO. The summed E-state index contributed by atoms with van der Waals surface area (Å²) in [5, 5.41) is 1.12. The van der Waals surface area contributed by atoms with E-state index in [2.05, 4.69) is 22.9 Å². The fraction of sp³-hybridized carbons (Fsp3) is 1.00. The molecule has 0 heterocycles. The van der Waals surface area contributed by atoms with Crippen molar-refractivity contribution in [3.05, 3.63) is 0 Å². The van der Waals surface area contributed by atoms with Crippen molar-refractivity contribution in [2.75, 3.05) is 18.5 Å². The van der Waals surface area contributed by atoms with Crippen LogP contribution in [0.1, 0.15) is 32.6 Å². The highest BCUT2D eigenvalue weighted by atomic mass is 79.9. The van der Waals surface area contributed by atoms with E-state index in [-0.39, 0.29) is 0 Å². The average Bonchev–Trinajstić information content (AvgIpc) is 2.82. The van der Waals surface area contributed by atoms with Crippen molar-refractivity contribution in [1.82, 2.24) is 0 Å². The van der Waals surface area contributed by atoms with Crippen LogP contribution in [0.25, 0.3) is 0 Å². The molecule has 0 aromatic heterocycles. The van der Waals surface area contributed by atoms with E-state index in [1.165, 1.54) is 25.7 Å². The molecule has 1 aliphatic carbocycles. The summed E-state index contributed by atoms with van der Waals surface area (Å²) in [5.74, 6) is 1.72. The summed E-state index contributed by atoms with van der Waals surface area (Å²) < 4.78 is 5.56. The van der Waals surface area contributed by atoms with Crippen LogP contribution in [-0.4, -0.2) is 18.5 Å². The van der Waals surface area contributed by atoms with E-state index < -0.39 is 0 Å². The third-order valence-electron chi connectivity index (χ3n) is 2.41. The summed E-state index contributed by atoms with van der Waals surface area (Å²) in [4.78, 5) is 0. The van der Waals surface area contributed by atoms with Crippen LogP contribution in [0, 0.1) is 11.8 Å². The molecule has 0 amide bonds. The number of hydrogen-bond acceptors (Lipinski definition) is 1. The Morgan fingerprint density at radius 2 is 2.17 bits per heavy atom. The minimum atomic E-state index is 0.809. The van der Waals surface area contributed by atoms with Gasteiger partial charge in [0.05, 0.1) is 0 Å². The first-order valence-electron chi connectivity index (χ1n) is 4.96. The molecular weight excluding hydrogens is 216 g/mol. The molecule has 1 fully saturated rings. The maximum Gasteiger partial charge on any atom is 0.0494 e. The molecule has 1 saturated carbocycles. The van der Waals surface area contributed by atoms with E-state index in [4.69, 9.17) is 4.74 Å². The van der Waals surface area contributed by atoms with Gasteiger partial charge in [-0.05, 0) is 37.5 Å². The van der Waals surface area contributed by atoms with Crippen molar-refractivity contribution in [1.29, 1.82) is 0 Å². The molecule has 12 heavy (non-hydrogen) atoms. The zero-order valence-corrected chi connectivity index (χ0v) is 9.48. The summed E-state index contributed by atoms with van der Waals surface area (Å²) in [7, 11) is 0. The van der Waals surface area contributed by atoms with E-state index in [1.807, 2.05) is 0 Å². The van der Waals surface area contributed by atoms with Gasteiger partial charge in [0.2, 0.25) is 0 Å². The fourth-order valence-corrected chi connectivity index (χ4v) is 1.93. The lowest BCUT2D eigenvalue weighted by Crippen LogP contribution is -2.04. The molecule has 1 nitrogen and oxygen atoms in total. The number of ether oxygens (including phenoxy) is 1. The average molecular weight is 235 g/mol. The molecule has 0 N–H and O–H groups in total. The van der Waals surface area contributed by atoms with Gasteiger partial charge < -0.3 is 4.74 Å². The second kappa shape index (κ2) is 5.98. The zero-order valence-electron chi connectivity index (χ0n) is 7.89. The SMILES string of the molecule is CC(CCBr)CCOCC1CC1. The van der Waals surface area contributed by atoms with Crippen molar-refractivity contribution in [3.8, 4) is 0 Å². The Bertz CT molecular complexity index is 112. The summed E-state index contributed by atoms with van der Waals surface area (Å²) in [6.07, 6.45) is 5.29. The van der Waals surface area contributed by atoms with Crippen molar-refractivity contribution in [2.45, 2.75) is 32.6 Å². The van der Waals surface area contributed by atoms with E-state index in [9.17, 15) is 0 Å². The van der Waals surface area contributed by atoms with Crippen molar-refractivity contribution in [3.63, 3.8) is 0 Å². The van der Waals surface area contributed by atoms with E-state index in [0.29, 0.717) is 0 Å². The molecule has 1 aliphatic rings. The van der Waals surface area contributed by atoms with Gasteiger partial charge >= 0.3 is 0 Å². The number of hydrogen-bond donors (Lipinski definition) is 0. The Balaban J connectivity index is 1.80. The van der Waals surface area contributed by atoms with Gasteiger partial charge in [-0.25, -0.2) is 0 Å². The van der Waals surface area contributed by atoms with Crippen LogP contribution in [0.2, 0.25) is 0 Å². The Morgan fingerprint density at radius 1 is 1.42 bits per heavy atom. The molecule has 0 aliphatic heterocycles. The van der Waals surface area contributed by atoms with Crippen molar-refractivity contribution >= 4 is 15.9 Å². The predicted molar refractivity (Wildman–Crippen MR) is 55.7 cm³/mol. The third-order valence-corrected chi connectivity index (χ3v) is 2.87. The van der Waals surface area contributed by atoms with Crippen LogP contribution in [-0.2, 0) is 4.74 Å². The largest absolute Gasteiger partial charge is 0.381 e. The Labute approximate surface area is 84.0 Å².